The number of nitrogens with two attached hydrogens (primary N) is 2. The van der Waals surface area contributed by atoms with Crippen LogP contribution in [0.5, 0.6) is 0 Å². The summed E-state index contributed by atoms with van der Waals surface area (Å²) in [6.45, 7) is 1.42. The normalized spacial score (nSPS) is 12.3. The SMILES string of the molecule is NCCCCCCC(=O)C([C]=O)CCCCCCN. The molecule has 4 N–H and O–H groups in total. The van der Waals surface area contributed by atoms with E-state index in [1.807, 2.05) is 6.29 Å². The van der Waals surface area contributed by atoms with Crippen LogP contribution >= 0.6 is 0 Å². The Hall–Kier alpha value is -0.740. The van der Waals surface area contributed by atoms with Gasteiger partial charge in [-0.05, 0) is 38.8 Å². The number of ketones is 1. The average molecular weight is 269 g/mol. The molecule has 0 aliphatic carbocycles. The average Bonchev–Trinajstić information content (AvgIpc) is 2.42. The zero-order valence-electron chi connectivity index (χ0n) is 12.0. The van der Waals surface area contributed by atoms with Crippen molar-refractivity contribution in [2.45, 2.75) is 64.2 Å². The van der Waals surface area contributed by atoms with Gasteiger partial charge in [-0.15, -0.1) is 0 Å². The van der Waals surface area contributed by atoms with Crippen LogP contribution in [0.1, 0.15) is 64.2 Å². The van der Waals surface area contributed by atoms with Crippen molar-refractivity contribution in [2.24, 2.45) is 17.4 Å². The van der Waals surface area contributed by atoms with Crippen LogP contribution in [0.4, 0.5) is 0 Å². The van der Waals surface area contributed by atoms with Gasteiger partial charge in [0.1, 0.15) is 5.78 Å². The summed E-state index contributed by atoms with van der Waals surface area (Å²) in [7, 11) is 0. The first-order valence-corrected chi connectivity index (χ1v) is 7.56. The van der Waals surface area contributed by atoms with Crippen molar-refractivity contribution < 1.29 is 9.59 Å². The predicted molar refractivity (Wildman–Crippen MR) is 78.5 cm³/mol. The van der Waals surface area contributed by atoms with Gasteiger partial charge in [-0.2, -0.15) is 0 Å². The second-order valence-electron chi connectivity index (χ2n) is 5.08. The van der Waals surface area contributed by atoms with Crippen LogP contribution in [-0.2, 0) is 9.59 Å². The summed E-state index contributed by atoms with van der Waals surface area (Å²) in [5.74, 6) is -0.450. The Kier molecular flexibility index (Phi) is 13.2. The number of carbonyl (C=O) groups excluding carboxylic acids is 2. The molecule has 0 saturated carbocycles. The van der Waals surface area contributed by atoms with Gasteiger partial charge in [0, 0.05) is 6.42 Å². The molecule has 4 heteroatoms. The highest BCUT2D eigenvalue weighted by Gasteiger charge is 2.17. The van der Waals surface area contributed by atoms with Crippen LogP contribution < -0.4 is 11.5 Å². The first-order valence-electron chi connectivity index (χ1n) is 7.56. The maximum absolute atomic E-state index is 11.8. The summed E-state index contributed by atoms with van der Waals surface area (Å²) in [4.78, 5) is 22.6. The van der Waals surface area contributed by atoms with E-state index in [-0.39, 0.29) is 5.78 Å². The minimum Gasteiger partial charge on any atom is -0.330 e. The van der Waals surface area contributed by atoms with Crippen molar-refractivity contribution in [2.75, 3.05) is 13.1 Å². The Labute approximate surface area is 117 Å². The first-order chi connectivity index (χ1) is 9.26. The van der Waals surface area contributed by atoms with Gasteiger partial charge in [0.2, 0.25) is 6.29 Å². The van der Waals surface area contributed by atoms with Crippen molar-refractivity contribution in [3.63, 3.8) is 0 Å². The molecule has 1 radical (unpaired) electrons. The third-order valence-corrected chi connectivity index (χ3v) is 3.36. The third kappa shape index (κ3) is 10.8. The maximum Gasteiger partial charge on any atom is 0.209 e. The molecule has 1 unspecified atom stereocenters. The molecular formula is C15H29N2O2. The maximum atomic E-state index is 11.8. The zero-order valence-corrected chi connectivity index (χ0v) is 12.0. The minimum atomic E-state index is -0.507. The van der Waals surface area contributed by atoms with E-state index in [2.05, 4.69) is 0 Å². The Bertz CT molecular complexity index is 232. The van der Waals surface area contributed by atoms with E-state index in [1.54, 1.807) is 0 Å². The third-order valence-electron chi connectivity index (χ3n) is 3.36. The summed E-state index contributed by atoms with van der Waals surface area (Å²) >= 11 is 0. The van der Waals surface area contributed by atoms with Crippen LogP contribution in [0.15, 0.2) is 0 Å². The monoisotopic (exact) mass is 269 g/mol. The second kappa shape index (κ2) is 13.7. The lowest BCUT2D eigenvalue weighted by Gasteiger charge is -2.08. The number of unbranched alkanes of at least 4 members (excludes halogenated alkanes) is 6. The van der Waals surface area contributed by atoms with E-state index in [9.17, 15) is 9.59 Å². The fourth-order valence-corrected chi connectivity index (χ4v) is 2.10. The zero-order chi connectivity index (χ0) is 14.3. The van der Waals surface area contributed by atoms with E-state index in [0.29, 0.717) is 25.9 Å². The van der Waals surface area contributed by atoms with Gasteiger partial charge in [0.15, 0.2) is 0 Å². The largest absolute Gasteiger partial charge is 0.330 e. The van der Waals surface area contributed by atoms with Crippen molar-refractivity contribution >= 4 is 12.1 Å². The fraction of sp³-hybridized carbons (Fsp3) is 0.867. The van der Waals surface area contributed by atoms with Crippen LogP contribution in [0.25, 0.3) is 0 Å². The molecule has 0 saturated heterocycles. The van der Waals surface area contributed by atoms with Gasteiger partial charge in [0.05, 0.1) is 5.92 Å². The molecule has 0 heterocycles. The molecule has 0 aromatic heterocycles. The van der Waals surface area contributed by atoms with E-state index >= 15 is 0 Å². The summed E-state index contributed by atoms with van der Waals surface area (Å²) in [5.41, 5.74) is 10.8. The first kappa shape index (κ1) is 18.3. The van der Waals surface area contributed by atoms with E-state index in [4.69, 9.17) is 11.5 Å². The fourth-order valence-electron chi connectivity index (χ4n) is 2.10. The Morgan fingerprint density at radius 2 is 1.37 bits per heavy atom. The molecule has 0 amide bonds. The van der Waals surface area contributed by atoms with Crippen molar-refractivity contribution in [1.29, 1.82) is 0 Å². The predicted octanol–water partition coefficient (Wildman–Crippen LogP) is 2.10. The molecule has 4 nitrogen and oxygen atoms in total. The molecule has 0 spiro atoms. The quantitative estimate of drug-likeness (QED) is 0.373. The summed E-state index contributed by atoms with van der Waals surface area (Å²) in [5, 5.41) is 0. The van der Waals surface area contributed by atoms with E-state index in [1.165, 1.54) is 0 Å². The molecule has 111 valence electrons. The number of hydrogen-bond donors (Lipinski definition) is 2. The number of Topliss-reactive ketones (excluding diaryl/α,β-unsaturated/α-hetero) is 1. The number of carbonyl (C=O) groups is 1. The summed E-state index contributed by atoms with van der Waals surface area (Å²) in [6, 6.07) is 0. The summed E-state index contributed by atoms with van der Waals surface area (Å²) in [6.07, 6.45) is 11.1. The highest BCUT2D eigenvalue weighted by molar-refractivity contribution is 5.93. The lowest BCUT2D eigenvalue weighted by Crippen LogP contribution is -2.15. The summed E-state index contributed by atoms with van der Waals surface area (Å²) < 4.78 is 0. The molecular weight excluding hydrogens is 240 g/mol. The molecule has 0 aromatic rings. The van der Waals surface area contributed by atoms with Crippen LogP contribution in [0.3, 0.4) is 0 Å². The topological polar surface area (TPSA) is 86.2 Å². The second-order valence-corrected chi connectivity index (χ2v) is 5.08. The molecule has 1 atom stereocenters. The van der Waals surface area contributed by atoms with Crippen LogP contribution in [0, 0.1) is 5.92 Å². The van der Waals surface area contributed by atoms with Gasteiger partial charge in [-0.1, -0.05) is 32.1 Å². The molecule has 0 bridgehead atoms. The van der Waals surface area contributed by atoms with Crippen molar-refractivity contribution in [3.05, 3.63) is 0 Å². The minimum absolute atomic E-state index is 0.0570. The lowest BCUT2D eigenvalue weighted by atomic mass is 9.94. The van der Waals surface area contributed by atoms with Gasteiger partial charge < -0.3 is 11.5 Å². The van der Waals surface area contributed by atoms with Crippen LogP contribution in [-0.4, -0.2) is 25.2 Å². The highest BCUT2D eigenvalue weighted by atomic mass is 16.1. The van der Waals surface area contributed by atoms with Crippen molar-refractivity contribution in [3.8, 4) is 0 Å². The molecule has 0 fully saturated rings. The molecule has 0 rings (SSSR count). The molecule has 0 aliphatic heterocycles. The number of rotatable bonds is 14. The van der Waals surface area contributed by atoms with Gasteiger partial charge >= 0.3 is 0 Å². The van der Waals surface area contributed by atoms with Gasteiger partial charge in [-0.25, -0.2) is 0 Å². The number of hydrogen-bond acceptors (Lipinski definition) is 4. The molecule has 19 heavy (non-hydrogen) atoms. The van der Waals surface area contributed by atoms with E-state index in [0.717, 1.165) is 51.4 Å². The van der Waals surface area contributed by atoms with Crippen molar-refractivity contribution in [1.82, 2.24) is 0 Å². The van der Waals surface area contributed by atoms with E-state index < -0.39 is 5.92 Å². The lowest BCUT2D eigenvalue weighted by molar-refractivity contribution is -0.121. The Balaban J connectivity index is 3.63. The van der Waals surface area contributed by atoms with Crippen LogP contribution in [0.2, 0.25) is 0 Å². The Morgan fingerprint density at radius 3 is 1.89 bits per heavy atom. The Morgan fingerprint density at radius 1 is 0.842 bits per heavy atom. The van der Waals surface area contributed by atoms with Gasteiger partial charge in [-0.3, -0.25) is 9.59 Å². The standard InChI is InChI=1S/C15H29N2O2/c16-11-7-3-1-5-9-14(13-18)15(19)10-6-2-4-8-12-17/h14H,1-12,16-17H2. The molecule has 0 aliphatic rings. The highest BCUT2D eigenvalue weighted by Crippen LogP contribution is 2.14. The smallest absolute Gasteiger partial charge is 0.209 e. The molecule has 0 aromatic carbocycles. The van der Waals surface area contributed by atoms with Gasteiger partial charge in [0.25, 0.3) is 0 Å².